The first-order chi connectivity index (χ1) is 11.6. The first-order valence-corrected chi connectivity index (χ1v) is 9.11. The van der Waals surface area contributed by atoms with Crippen molar-refractivity contribution in [1.29, 1.82) is 0 Å². The number of halogens is 1. The number of rotatable bonds is 6. The topological polar surface area (TPSA) is 118 Å². The van der Waals surface area contributed by atoms with Crippen LogP contribution in [0.5, 0.6) is 0 Å². The van der Waals surface area contributed by atoms with Gasteiger partial charge in [-0.1, -0.05) is 28.1 Å². The van der Waals surface area contributed by atoms with Crippen LogP contribution in [0, 0.1) is 17.0 Å². The normalized spacial score (nSPS) is 11.1. The number of carboxylic acid groups (broad SMARTS) is 1. The van der Waals surface area contributed by atoms with Crippen molar-refractivity contribution in [1.82, 2.24) is 0 Å². The SMILES string of the molecule is Cc1ccc(S(=O)(=O)N(CC(=O)O)c2cccc(Br)c2)cc1[N+](=O)[O-]. The van der Waals surface area contributed by atoms with Crippen LogP contribution < -0.4 is 4.31 Å². The molecule has 0 aliphatic carbocycles. The summed E-state index contributed by atoms with van der Waals surface area (Å²) in [5.41, 5.74) is 0.0711. The predicted molar refractivity (Wildman–Crippen MR) is 94.1 cm³/mol. The van der Waals surface area contributed by atoms with Gasteiger partial charge in [0.05, 0.1) is 15.5 Å². The van der Waals surface area contributed by atoms with E-state index < -0.39 is 27.5 Å². The lowest BCUT2D eigenvalue weighted by molar-refractivity contribution is -0.385. The van der Waals surface area contributed by atoms with Crippen LogP contribution in [0.25, 0.3) is 0 Å². The van der Waals surface area contributed by atoms with Crippen molar-refractivity contribution in [2.24, 2.45) is 0 Å². The smallest absolute Gasteiger partial charge is 0.324 e. The Morgan fingerprint density at radius 3 is 2.52 bits per heavy atom. The molecule has 0 radical (unpaired) electrons. The summed E-state index contributed by atoms with van der Waals surface area (Å²) in [4.78, 5) is 21.2. The second-order valence-electron chi connectivity index (χ2n) is 5.09. The Labute approximate surface area is 152 Å². The third-order valence-corrected chi connectivity index (χ3v) is 5.60. The molecule has 2 rings (SSSR count). The maximum atomic E-state index is 12.9. The molecule has 0 saturated heterocycles. The van der Waals surface area contributed by atoms with Crippen molar-refractivity contribution in [2.45, 2.75) is 11.8 Å². The molecule has 25 heavy (non-hydrogen) atoms. The lowest BCUT2D eigenvalue weighted by Gasteiger charge is -2.23. The highest BCUT2D eigenvalue weighted by Crippen LogP contribution is 2.29. The summed E-state index contributed by atoms with van der Waals surface area (Å²) >= 11 is 3.20. The molecular formula is C15H13BrN2O6S. The van der Waals surface area contributed by atoms with Gasteiger partial charge in [-0.15, -0.1) is 0 Å². The summed E-state index contributed by atoms with van der Waals surface area (Å²) in [5.74, 6) is -1.36. The lowest BCUT2D eigenvalue weighted by Crippen LogP contribution is -2.35. The van der Waals surface area contributed by atoms with Crippen molar-refractivity contribution < 1.29 is 23.2 Å². The number of benzene rings is 2. The molecule has 2 aromatic carbocycles. The van der Waals surface area contributed by atoms with E-state index in [1.807, 2.05) is 0 Å². The molecule has 0 unspecified atom stereocenters. The van der Waals surface area contributed by atoms with Crippen LogP contribution in [0.1, 0.15) is 5.56 Å². The standard InChI is InChI=1S/C15H13BrN2O6S/c1-10-5-6-13(8-14(10)18(21)22)25(23,24)17(9-15(19)20)12-4-2-3-11(16)7-12/h2-8H,9H2,1H3,(H,19,20). The molecule has 2 aromatic rings. The molecule has 0 aliphatic heterocycles. The van der Waals surface area contributed by atoms with E-state index in [1.54, 1.807) is 12.1 Å². The maximum Gasteiger partial charge on any atom is 0.324 e. The highest BCUT2D eigenvalue weighted by Gasteiger charge is 2.29. The molecule has 0 amide bonds. The zero-order valence-corrected chi connectivity index (χ0v) is 15.3. The van der Waals surface area contributed by atoms with Gasteiger partial charge in [-0.25, -0.2) is 8.42 Å². The van der Waals surface area contributed by atoms with Crippen LogP contribution in [0.4, 0.5) is 11.4 Å². The summed E-state index contributed by atoms with van der Waals surface area (Å²) in [6.07, 6.45) is 0. The first kappa shape index (κ1) is 18.9. The number of anilines is 1. The van der Waals surface area contributed by atoms with Crippen molar-refractivity contribution in [3.63, 3.8) is 0 Å². The Kier molecular flexibility index (Phi) is 5.43. The predicted octanol–water partition coefficient (Wildman–Crippen LogP) is 2.95. The highest BCUT2D eigenvalue weighted by atomic mass is 79.9. The molecule has 0 aliphatic rings. The number of aryl methyl sites for hydroxylation is 1. The molecule has 0 fully saturated rings. The third-order valence-electron chi connectivity index (χ3n) is 3.34. The number of hydrogen-bond acceptors (Lipinski definition) is 5. The van der Waals surface area contributed by atoms with Crippen LogP contribution >= 0.6 is 15.9 Å². The largest absolute Gasteiger partial charge is 0.480 e. The molecule has 1 N–H and O–H groups in total. The molecule has 8 nitrogen and oxygen atoms in total. The summed E-state index contributed by atoms with van der Waals surface area (Å²) in [6, 6.07) is 9.55. The van der Waals surface area contributed by atoms with Gasteiger partial charge >= 0.3 is 5.97 Å². The number of aliphatic carboxylic acids is 1. The third kappa shape index (κ3) is 4.15. The average molecular weight is 429 g/mol. The number of nitrogens with zero attached hydrogens (tertiary/aromatic N) is 2. The van der Waals surface area contributed by atoms with E-state index >= 15 is 0 Å². The van der Waals surface area contributed by atoms with Crippen LogP contribution in [0.15, 0.2) is 51.8 Å². The van der Waals surface area contributed by atoms with Crippen molar-refractivity contribution in [3.05, 3.63) is 62.6 Å². The Hall–Kier alpha value is -2.46. The number of sulfonamides is 1. The minimum atomic E-state index is -4.31. The fourth-order valence-corrected chi connectivity index (χ4v) is 3.96. The first-order valence-electron chi connectivity index (χ1n) is 6.88. The average Bonchev–Trinajstić information content (AvgIpc) is 2.52. The van der Waals surface area contributed by atoms with Gasteiger partial charge in [0.15, 0.2) is 0 Å². The summed E-state index contributed by atoms with van der Waals surface area (Å²) < 4.78 is 27.0. The van der Waals surface area contributed by atoms with Crippen molar-refractivity contribution in [2.75, 3.05) is 10.8 Å². The second kappa shape index (κ2) is 7.19. The van der Waals surface area contributed by atoms with Gasteiger partial charge in [0.1, 0.15) is 6.54 Å². The van der Waals surface area contributed by atoms with Gasteiger partial charge in [-0.05, 0) is 31.2 Å². The van der Waals surface area contributed by atoms with E-state index in [9.17, 15) is 23.3 Å². The lowest BCUT2D eigenvalue weighted by atomic mass is 10.2. The molecule has 0 saturated carbocycles. The van der Waals surface area contributed by atoms with Crippen LogP contribution in [-0.4, -0.2) is 31.0 Å². The van der Waals surface area contributed by atoms with Gasteiger partial charge in [-0.2, -0.15) is 0 Å². The van der Waals surface area contributed by atoms with Crippen LogP contribution in [-0.2, 0) is 14.8 Å². The van der Waals surface area contributed by atoms with Crippen LogP contribution in [0.2, 0.25) is 0 Å². The summed E-state index contributed by atoms with van der Waals surface area (Å²) in [6.45, 7) is 0.665. The van der Waals surface area contributed by atoms with E-state index in [-0.39, 0.29) is 16.3 Å². The van der Waals surface area contributed by atoms with E-state index in [0.29, 0.717) is 14.3 Å². The summed E-state index contributed by atoms with van der Waals surface area (Å²) in [5, 5.41) is 20.1. The fourth-order valence-electron chi connectivity index (χ4n) is 2.14. The molecule has 10 heteroatoms. The minimum absolute atomic E-state index is 0.125. The Morgan fingerprint density at radius 1 is 1.28 bits per heavy atom. The zero-order chi connectivity index (χ0) is 18.8. The molecule has 0 bridgehead atoms. The van der Waals surface area contributed by atoms with Gasteiger partial charge < -0.3 is 5.11 Å². The zero-order valence-electron chi connectivity index (χ0n) is 12.9. The van der Waals surface area contributed by atoms with E-state index in [2.05, 4.69) is 15.9 Å². The van der Waals surface area contributed by atoms with Crippen molar-refractivity contribution >= 4 is 43.3 Å². The Bertz CT molecular complexity index is 945. The maximum absolute atomic E-state index is 12.9. The molecule has 0 atom stereocenters. The quantitative estimate of drug-likeness (QED) is 0.557. The van der Waals surface area contributed by atoms with Gasteiger partial charge in [0, 0.05) is 16.1 Å². The number of carboxylic acids is 1. The Morgan fingerprint density at radius 2 is 1.96 bits per heavy atom. The highest BCUT2D eigenvalue weighted by molar-refractivity contribution is 9.10. The second-order valence-corrected chi connectivity index (χ2v) is 7.87. The van der Waals surface area contributed by atoms with Gasteiger partial charge in [0.25, 0.3) is 15.7 Å². The van der Waals surface area contributed by atoms with Gasteiger partial charge in [-0.3, -0.25) is 19.2 Å². The van der Waals surface area contributed by atoms with Crippen molar-refractivity contribution in [3.8, 4) is 0 Å². The Balaban J connectivity index is 2.61. The molecular weight excluding hydrogens is 416 g/mol. The summed E-state index contributed by atoms with van der Waals surface area (Å²) in [7, 11) is -4.31. The van der Waals surface area contributed by atoms with E-state index in [1.165, 1.54) is 31.2 Å². The molecule has 0 spiro atoms. The monoisotopic (exact) mass is 428 g/mol. The molecule has 0 heterocycles. The minimum Gasteiger partial charge on any atom is -0.480 e. The molecule has 0 aromatic heterocycles. The fraction of sp³-hybridized carbons (Fsp3) is 0.133. The molecule has 132 valence electrons. The number of nitro benzene ring substituents is 1. The number of hydrogen-bond donors (Lipinski definition) is 1. The number of carbonyl (C=O) groups is 1. The van der Waals surface area contributed by atoms with E-state index in [0.717, 1.165) is 6.07 Å². The van der Waals surface area contributed by atoms with Gasteiger partial charge in [0.2, 0.25) is 0 Å². The number of nitro groups is 1. The van der Waals surface area contributed by atoms with Crippen LogP contribution in [0.3, 0.4) is 0 Å². The van der Waals surface area contributed by atoms with E-state index in [4.69, 9.17) is 5.11 Å².